The molecule has 3 heteroatoms. The van der Waals surface area contributed by atoms with Crippen LogP contribution in [0.4, 0.5) is 0 Å². The Bertz CT molecular complexity index is 695. The Balaban J connectivity index is 1.52. The summed E-state index contributed by atoms with van der Waals surface area (Å²) in [6, 6.07) is 15.2. The Morgan fingerprint density at radius 1 is 1.25 bits per heavy atom. The van der Waals surface area contributed by atoms with Gasteiger partial charge in [-0.05, 0) is 55.4 Å². The molecule has 3 nitrogen and oxygen atoms in total. The molecule has 2 aromatic carbocycles. The summed E-state index contributed by atoms with van der Waals surface area (Å²) in [5, 5.41) is 12.1. The summed E-state index contributed by atoms with van der Waals surface area (Å²) in [5.41, 5.74) is 1.29. The van der Waals surface area contributed by atoms with E-state index in [0.717, 1.165) is 32.2 Å². The molecule has 1 amide bonds. The molecule has 1 aliphatic heterocycles. The van der Waals surface area contributed by atoms with Gasteiger partial charge in [-0.3, -0.25) is 4.79 Å². The average molecular weight is 325 g/mol. The molecular weight excluding hydrogens is 298 g/mol. The number of hydrogen-bond donors (Lipinski definition) is 1. The topological polar surface area (TPSA) is 40.5 Å². The number of rotatable bonds is 6. The number of nitrogens with zero attached hydrogens (tertiary/aromatic N) is 1. The van der Waals surface area contributed by atoms with Crippen LogP contribution >= 0.6 is 0 Å². The Morgan fingerprint density at radius 3 is 2.83 bits per heavy atom. The van der Waals surface area contributed by atoms with Gasteiger partial charge in [0, 0.05) is 19.0 Å². The largest absolute Gasteiger partial charge is 0.393 e. The molecule has 1 saturated heterocycles. The Kier molecular flexibility index (Phi) is 5.52. The van der Waals surface area contributed by atoms with Crippen LogP contribution in [0.15, 0.2) is 42.5 Å². The van der Waals surface area contributed by atoms with Crippen molar-refractivity contribution in [1.29, 1.82) is 0 Å². The van der Waals surface area contributed by atoms with Gasteiger partial charge in [0.05, 0.1) is 6.10 Å². The Morgan fingerprint density at radius 2 is 2.04 bits per heavy atom. The number of likely N-dealkylation sites (tertiary alicyclic amines) is 1. The maximum atomic E-state index is 12.5. The number of benzene rings is 2. The Labute approximate surface area is 144 Å². The fourth-order valence-electron chi connectivity index (χ4n) is 3.78. The van der Waals surface area contributed by atoms with Gasteiger partial charge in [0.25, 0.3) is 0 Å². The van der Waals surface area contributed by atoms with Crippen molar-refractivity contribution in [3.8, 4) is 0 Å². The van der Waals surface area contributed by atoms with Crippen LogP contribution in [-0.4, -0.2) is 34.6 Å². The van der Waals surface area contributed by atoms with Gasteiger partial charge in [-0.1, -0.05) is 42.5 Å². The maximum absolute atomic E-state index is 12.5. The van der Waals surface area contributed by atoms with Crippen molar-refractivity contribution < 1.29 is 9.90 Å². The summed E-state index contributed by atoms with van der Waals surface area (Å²) < 4.78 is 0. The molecule has 1 N–H and O–H groups in total. The minimum atomic E-state index is -0.332. The van der Waals surface area contributed by atoms with Crippen LogP contribution in [0.25, 0.3) is 10.8 Å². The first kappa shape index (κ1) is 17.0. The van der Waals surface area contributed by atoms with Crippen molar-refractivity contribution in [3.05, 3.63) is 48.0 Å². The van der Waals surface area contributed by atoms with Gasteiger partial charge in [0.2, 0.25) is 5.91 Å². The molecule has 3 rings (SSSR count). The summed E-state index contributed by atoms with van der Waals surface area (Å²) in [6.45, 7) is 2.66. The van der Waals surface area contributed by atoms with E-state index >= 15 is 0 Å². The zero-order chi connectivity index (χ0) is 16.9. The minimum Gasteiger partial charge on any atom is -0.393 e. The highest BCUT2D eigenvalue weighted by Crippen LogP contribution is 2.23. The zero-order valence-electron chi connectivity index (χ0n) is 14.4. The van der Waals surface area contributed by atoms with Crippen molar-refractivity contribution in [2.45, 2.75) is 57.6 Å². The summed E-state index contributed by atoms with van der Waals surface area (Å²) in [7, 11) is 0. The van der Waals surface area contributed by atoms with E-state index in [4.69, 9.17) is 0 Å². The van der Waals surface area contributed by atoms with Gasteiger partial charge < -0.3 is 10.0 Å². The van der Waals surface area contributed by atoms with Gasteiger partial charge in [-0.25, -0.2) is 0 Å². The van der Waals surface area contributed by atoms with E-state index in [1.807, 2.05) is 4.90 Å². The van der Waals surface area contributed by atoms with Crippen molar-refractivity contribution in [2.24, 2.45) is 0 Å². The van der Waals surface area contributed by atoms with Crippen LogP contribution in [0.1, 0.15) is 44.6 Å². The number of carbonyl (C=O) groups excluding carboxylic acids is 1. The normalized spacial score (nSPS) is 18.9. The molecule has 1 aliphatic rings. The summed E-state index contributed by atoms with van der Waals surface area (Å²) in [6.07, 6.45) is 4.89. The van der Waals surface area contributed by atoms with Gasteiger partial charge in [-0.2, -0.15) is 0 Å². The lowest BCUT2D eigenvalue weighted by Crippen LogP contribution is -2.37. The predicted octanol–water partition coefficient (Wildman–Crippen LogP) is 3.92. The van der Waals surface area contributed by atoms with E-state index in [0.29, 0.717) is 12.8 Å². The number of fused-ring (bicyclic) bond motifs is 1. The number of aryl methyl sites for hydroxylation is 1. The summed E-state index contributed by atoms with van der Waals surface area (Å²) >= 11 is 0. The van der Waals surface area contributed by atoms with Crippen molar-refractivity contribution in [2.75, 3.05) is 6.54 Å². The van der Waals surface area contributed by atoms with Gasteiger partial charge >= 0.3 is 0 Å². The first-order valence-electron chi connectivity index (χ1n) is 9.08. The van der Waals surface area contributed by atoms with Gasteiger partial charge in [0.1, 0.15) is 0 Å². The number of hydrogen-bond acceptors (Lipinski definition) is 2. The third-order valence-corrected chi connectivity index (χ3v) is 4.98. The second-order valence-electron chi connectivity index (χ2n) is 7.00. The summed E-state index contributed by atoms with van der Waals surface area (Å²) in [4.78, 5) is 14.5. The summed E-state index contributed by atoms with van der Waals surface area (Å²) in [5.74, 6) is 0.249. The molecule has 0 radical (unpaired) electrons. The van der Waals surface area contributed by atoms with E-state index in [2.05, 4.69) is 42.5 Å². The van der Waals surface area contributed by atoms with E-state index in [-0.39, 0.29) is 18.1 Å². The number of amides is 1. The van der Waals surface area contributed by atoms with Crippen LogP contribution < -0.4 is 0 Å². The van der Waals surface area contributed by atoms with Crippen molar-refractivity contribution in [1.82, 2.24) is 4.90 Å². The quantitative estimate of drug-likeness (QED) is 0.874. The number of aliphatic hydroxyl groups is 1. The second-order valence-corrected chi connectivity index (χ2v) is 7.00. The molecule has 2 aromatic rings. The van der Waals surface area contributed by atoms with E-state index in [1.165, 1.54) is 16.3 Å². The smallest absolute Gasteiger partial charge is 0.222 e. The predicted molar refractivity (Wildman–Crippen MR) is 97.9 cm³/mol. The third-order valence-electron chi connectivity index (χ3n) is 4.98. The molecule has 0 spiro atoms. The lowest BCUT2D eigenvalue weighted by molar-refractivity contribution is -0.132. The molecule has 2 atom stereocenters. The molecule has 0 aliphatic carbocycles. The molecule has 1 fully saturated rings. The lowest BCUT2D eigenvalue weighted by Gasteiger charge is -2.25. The zero-order valence-corrected chi connectivity index (χ0v) is 14.4. The van der Waals surface area contributed by atoms with Crippen LogP contribution in [-0.2, 0) is 11.2 Å². The first-order chi connectivity index (χ1) is 11.6. The van der Waals surface area contributed by atoms with E-state index in [1.54, 1.807) is 6.92 Å². The minimum absolute atomic E-state index is 0.234. The van der Waals surface area contributed by atoms with Crippen LogP contribution in [0.2, 0.25) is 0 Å². The molecule has 0 saturated carbocycles. The van der Waals surface area contributed by atoms with Crippen molar-refractivity contribution >= 4 is 16.7 Å². The maximum Gasteiger partial charge on any atom is 0.222 e. The average Bonchev–Trinajstić information content (AvgIpc) is 3.02. The standard InChI is InChI=1S/C21H27NO2/c1-16(23)14-20-9-5-13-22(20)21(24)10-4-6-17-11-12-18-7-2-3-8-19(18)15-17/h2-3,7-8,11-12,15-16,20,23H,4-6,9-10,13-14H2,1H3. The molecule has 0 bridgehead atoms. The first-order valence-corrected chi connectivity index (χ1v) is 9.08. The molecule has 0 aromatic heterocycles. The highest BCUT2D eigenvalue weighted by molar-refractivity contribution is 5.83. The third kappa shape index (κ3) is 4.15. The van der Waals surface area contributed by atoms with Crippen molar-refractivity contribution in [3.63, 3.8) is 0 Å². The fourth-order valence-corrected chi connectivity index (χ4v) is 3.78. The molecule has 24 heavy (non-hydrogen) atoms. The van der Waals surface area contributed by atoms with E-state index in [9.17, 15) is 9.90 Å². The number of carbonyl (C=O) groups is 1. The van der Waals surface area contributed by atoms with Crippen LogP contribution in [0.3, 0.4) is 0 Å². The van der Waals surface area contributed by atoms with Gasteiger partial charge in [-0.15, -0.1) is 0 Å². The molecular formula is C21H27NO2. The molecule has 2 unspecified atom stereocenters. The second kappa shape index (κ2) is 7.80. The highest BCUT2D eigenvalue weighted by Gasteiger charge is 2.28. The van der Waals surface area contributed by atoms with Crippen LogP contribution in [0, 0.1) is 0 Å². The van der Waals surface area contributed by atoms with E-state index < -0.39 is 0 Å². The van der Waals surface area contributed by atoms with Crippen LogP contribution in [0.5, 0.6) is 0 Å². The highest BCUT2D eigenvalue weighted by atomic mass is 16.3. The lowest BCUT2D eigenvalue weighted by atomic mass is 10.0. The van der Waals surface area contributed by atoms with Gasteiger partial charge in [0.15, 0.2) is 0 Å². The Hall–Kier alpha value is -1.87. The number of aliphatic hydroxyl groups excluding tert-OH is 1. The SMILES string of the molecule is CC(O)CC1CCCN1C(=O)CCCc1ccc2ccccc2c1. The molecule has 128 valence electrons. The molecule has 1 heterocycles. The fraction of sp³-hybridized carbons (Fsp3) is 0.476. The monoisotopic (exact) mass is 325 g/mol.